The van der Waals surface area contributed by atoms with Gasteiger partial charge in [-0.05, 0) is 49.6 Å². The van der Waals surface area contributed by atoms with E-state index in [2.05, 4.69) is 10.3 Å². The minimum Gasteiger partial charge on any atom is -0.484 e. The van der Waals surface area contributed by atoms with Crippen molar-refractivity contribution in [3.05, 3.63) is 59.2 Å². The summed E-state index contributed by atoms with van der Waals surface area (Å²) in [5.41, 5.74) is 2.67. The van der Waals surface area contributed by atoms with Crippen LogP contribution < -0.4 is 10.1 Å². The van der Waals surface area contributed by atoms with E-state index in [1.807, 2.05) is 31.2 Å². The Kier molecular flexibility index (Phi) is 4.15. The number of ether oxygens (including phenoxy) is 1. The first-order chi connectivity index (χ1) is 10.2. The first kappa shape index (κ1) is 14.0. The SMILES string of the molecule is Cc1cccc(COc2ccc(CNC3CC3)cc2F)n1. The zero-order valence-electron chi connectivity index (χ0n) is 12.1. The minimum absolute atomic E-state index is 0.272. The van der Waals surface area contributed by atoms with E-state index in [9.17, 15) is 4.39 Å². The van der Waals surface area contributed by atoms with Crippen LogP contribution >= 0.6 is 0 Å². The van der Waals surface area contributed by atoms with Crippen LogP contribution in [-0.2, 0) is 13.2 Å². The average molecular weight is 286 g/mol. The molecule has 1 heterocycles. The van der Waals surface area contributed by atoms with E-state index in [1.54, 1.807) is 6.07 Å². The number of aromatic nitrogens is 1. The molecule has 0 saturated heterocycles. The molecule has 0 radical (unpaired) electrons. The maximum Gasteiger partial charge on any atom is 0.165 e. The van der Waals surface area contributed by atoms with Gasteiger partial charge in [-0.25, -0.2) is 4.39 Å². The van der Waals surface area contributed by atoms with Gasteiger partial charge < -0.3 is 10.1 Å². The number of aryl methyl sites for hydroxylation is 1. The van der Waals surface area contributed by atoms with E-state index in [-0.39, 0.29) is 18.2 Å². The summed E-state index contributed by atoms with van der Waals surface area (Å²) < 4.78 is 19.5. The fourth-order valence-electron chi connectivity index (χ4n) is 2.15. The van der Waals surface area contributed by atoms with Gasteiger partial charge in [-0.1, -0.05) is 12.1 Å². The van der Waals surface area contributed by atoms with Crippen molar-refractivity contribution in [3.8, 4) is 5.75 Å². The van der Waals surface area contributed by atoms with Crippen molar-refractivity contribution < 1.29 is 9.13 Å². The Balaban J connectivity index is 1.59. The largest absolute Gasteiger partial charge is 0.484 e. The maximum atomic E-state index is 14.0. The summed E-state index contributed by atoms with van der Waals surface area (Å²) >= 11 is 0. The molecule has 1 saturated carbocycles. The Labute approximate surface area is 124 Å². The lowest BCUT2D eigenvalue weighted by Gasteiger charge is -2.09. The molecular weight excluding hydrogens is 267 g/mol. The van der Waals surface area contributed by atoms with Crippen molar-refractivity contribution in [1.29, 1.82) is 0 Å². The first-order valence-corrected chi connectivity index (χ1v) is 7.28. The van der Waals surface area contributed by atoms with E-state index in [0.29, 0.717) is 12.6 Å². The van der Waals surface area contributed by atoms with E-state index in [0.717, 1.165) is 17.0 Å². The number of nitrogens with zero attached hydrogens (tertiary/aromatic N) is 1. The van der Waals surface area contributed by atoms with Crippen molar-refractivity contribution in [2.45, 2.75) is 39.0 Å². The standard InChI is InChI=1S/C17H19FN2O/c1-12-3-2-4-15(20-12)11-21-17-8-5-13(9-16(17)18)10-19-14-6-7-14/h2-5,8-9,14,19H,6-7,10-11H2,1H3. The second-order valence-corrected chi connectivity index (χ2v) is 5.48. The molecule has 3 rings (SSSR count). The normalized spacial score (nSPS) is 14.2. The van der Waals surface area contributed by atoms with Crippen LogP contribution in [-0.4, -0.2) is 11.0 Å². The molecule has 0 atom stereocenters. The van der Waals surface area contributed by atoms with Crippen molar-refractivity contribution in [1.82, 2.24) is 10.3 Å². The number of hydrogen-bond acceptors (Lipinski definition) is 3. The predicted octanol–water partition coefficient (Wildman–Crippen LogP) is 3.36. The van der Waals surface area contributed by atoms with Crippen LogP contribution in [0.5, 0.6) is 5.75 Å². The predicted molar refractivity (Wildman–Crippen MR) is 79.6 cm³/mol. The molecule has 0 aliphatic heterocycles. The third-order valence-corrected chi connectivity index (χ3v) is 3.49. The van der Waals surface area contributed by atoms with Crippen molar-refractivity contribution >= 4 is 0 Å². The summed E-state index contributed by atoms with van der Waals surface area (Å²) in [6.45, 7) is 2.91. The van der Waals surface area contributed by atoms with Gasteiger partial charge in [0.05, 0.1) is 5.69 Å². The maximum absolute atomic E-state index is 14.0. The van der Waals surface area contributed by atoms with Gasteiger partial charge in [0.2, 0.25) is 0 Å². The molecule has 2 aromatic rings. The summed E-state index contributed by atoms with van der Waals surface area (Å²) in [7, 11) is 0. The zero-order valence-corrected chi connectivity index (χ0v) is 12.1. The molecule has 0 bridgehead atoms. The lowest BCUT2D eigenvalue weighted by atomic mass is 10.2. The third-order valence-electron chi connectivity index (χ3n) is 3.49. The molecule has 1 aliphatic carbocycles. The van der Waals surface area contributed by atoms with Gasteiger partial charge in [0.15, 0.2) is 11.6 Å². The van der Waals surface area contributed by atoms with Crippen LogP contribution in [0.2, 0.25) is 0 Å². The van der Waals surface area contributed by atoms with Crippen LogP contribution in [0.15, 0.2) is 36.4 Å². The minimum atomic E-state index is -0.322. The summed E-state index contributed by atoms with van der Waals surface area (Å²) in [5.74, 6) is -0.0498. The molecule has 1 N–H and O–H groups in total. The van der Waals surface area contributed by atoms with Crippen LogP contribution in [0.4, 0.5) is 4.39 Å². The van der Waals surface area contributed by atoms with Gasteiger partial charge in [0, 0.05) is 18.3 Å². The van der Waals surface area contributed by atoms with Crippen LogP contribution in [0.1, 0.15) is 29.8 Å². The van der Waals surface area contributed by atoms with Crippen molar-refractivity contribution in [3.63, 3.8) is 0 Å². The Morgan fingerprint density at radius 1 is 1.29 bits per heavy atom. The Morgan fingerprint density at radius 3 is 2.86 bits per heavy atom. The van der Waals surface area contributed by atoms with E-state index in [1.165, 1.54) is 18.9 Å². The van der Waals surface area contributed by atoms with Gasteiger partial charge >= 0.3 is 0 Å². The molecule has 3 nitrogen and oxygen atoms in total. The molecule has 0 unspecified atom stereocenters. The first-order valence-electron chi connectivity index (χ1n) is 7.28. The highest BCUT2D eigenvalue weighted by molar-refractivity contribution is 5.29. The third kappa shape index (κ3) is 4.02. The van der Waals surface area contributed by atoms with Crippen LogP contribution in [0, 0.1) is 12.7 Å². The van der Waals surface area contributed by atoms with Gasteiger partial charge in [-0.3, -0.25) is 4.98 Å². The number of nitrogens with one attached hydrogen (secondary N) is 1. The molecule has 110 valence electrons. The second kappa shape index (κ2) is 6.22. The molecule has 0 spiro atoms. The topological polar surface area (TPSA) is 34.1 Å². The molecule has 21 heavy (non-hydrogen) atoms. The molecule has 1 fully saturated rings. The average Bonchev–Trinajstić information content (AvgIpc) is 3.28. The van der Waals surface area contributed by atoms with Crippen molar-refractivity contribution in [2.24, 2.45) is 0 Å². The quantitative estimate of drug-likeness (QED) is 0.884. The van der Waals surface area contributed by atoms with Crippen LogP contribution in [0.3, 0.4) is 0 Å². The number of halogens is 1. The van der Waals surface area contributed by atoms with Crippen LogP contribution in [0.25, 0.3) is 0 Å². The monoisotopic (exact) mass is 286 g/mol. The molecule has 1 aromatic carbocycles. The number of hydrogen-bond donors (Lipinski definition) is 1. The zero-order chi connectivity index (χ0) is 14.7. The van der Waals surface area contributed by atoms with Crippen molar-refractivity contribution in [2.75, 3.05) is 0 Å². The fourth-order valence-corrected chi connectivity index (χ4v) is 2.15. The number of rotatable bonds is 6. The van der Waals surface area contributed by atoms with E-state index < -0.39 is 0 Å². The van der Waals surface area contributed by atoms with E-state index in [4.69, 9.17) is 4.74 Å². The number of benzene rings is 1. The lowest BCUT2D eigenvalue weighted by Crippen LogP contribution is -2.15. The highest BCUT2D eigenvalue weighted by Crippen LogP contribution is 2.22. The second-order valence-electron chi connectivity index (χ2n) is 5.48. The summed E-state index contributed by atoms with van der Waals surface area (Å²) in [4.78, 5) is 4.33. The Bertz CT molecular complexity index is 626. The lowest BCUT2D eigenvalue weighted by molar-refractivity contribution is 0.285. The Morgan fingerprint density at radius 2 is 2.14 bits per heavy atom. The molecule has 4 heteroatoms. The van der Waals surface area contributed by atoms with Gasteiger partial charge in [-0.2, -0.15) is 0 Å². The fraction of sp³-hybridized carbons (Fsp3) is 0.353. The molecule has 0 amide bonds. The summed E-state index contributed by atoms with van der Waals surface area (Å²) in [6.07, 6.45) is 2.46. The molecular formula is C17H19FN2O. The highest BCUT2D eigenvalue weighted by atomic mass is 19.1. The summed E-state index contributed by atoms with van der Waals surface area (Å²) in [5, 5.41) is 3.37. The number of pyridine rings is 1. The Hall–Kier alpha value is -1.94. The smallest absolute Gasteiger partial charge is 0.165 e. The highest BCUT2D eigenvalue weighted by Gasteiger charge is 2.20. The molecule has 1 aromatic heterocycles. The van der Waals surface area contributed by atoms with Gasteiger partial charge in [0.25, 0.3) is 0 Å². The van der Waals surface area contributed by atoms with E-state index >= 15 is 0 Å². The molecule has 1 aliphatic rings. The van der Waals surface area contributed by atoms with Gasteiger partial charge in [0.1, 0.15) is 6.61 Å². The summed E-state index contributed by atoms with van der Waals surface area (Å²) in [6, 6.07) is 11.5. The van der Waals surface area contributed by atoms with Gasteiger partial charge in [-0.15, -0.1) is 0 Å².